The SMILES string of the molecule is CCC/C(C=O)=C\C(=O)O. The van der Waals surface area contributed by atoms with Crippen molar-refractivity contribution < 1.29 is 14.7 Å². The van der Waals surface area contributed by atoms with E-state index >= 15 is 0 Å². The number of carbonyl (C=O) groups excluding carboxylic acids is 1. The first-order valence-electron chi connectivity index (χ1n) is 3.09. The number of carboxylic acid groups (broad SMARTS) is 1. The molecule has 0 aliphatic heterocycles. The lowest BCUT2D eigenvalue weighted by Gasteiger charge is -1.91. The first-order valence-corrected chi connectivity index (χ1v) is 3.09. The number of carboxylic acids is 1. The van der Waals surface area contributed by atoms with Gasteiger partial charge in [0.05, 0.1) is 0 Å². The van der Waals surface area contributed by atoms with Crippen LogP contribution in [-0.2, 0) is 9.59 Å². The fraction of sp³-hybridized carbons (Fsp3) is 0.429. The summed E-state index contributed by atoms with van der Waals surface area (Å²) in [6.07, 6.45) is 2.85. The second-order valence-electron chi connectivity index (χ2n) is 1.93. The van der Waals surface area contributed by atoms with Crippen molar-refractivity contribution in [3.05, 3.63) is 11.6 Å². The van der Waals surface area contributed by atoms with Gasteiger partial charge in [-0.25, -0.2) is 4.79 Å². The van der Waals surface area contributed by atoms with E-state index in [9.17, 15) is 9.59 Å². The summed E-state index contributed by atoms with van der Waals surface area (Å²) >= 11 is 0. The predicted octanol–water partition coefficient (Wildman–Crippen LogP) is 0.996. The van der Waals surface area contributed by atoms with Crippen LogP contribution < -0.4 is 0 Å². The predicted molar refractivity (Wildman–Crippen MR) is 36.7 cm³/mol. The molecule has 0 bridgehead atoms. The van der Waals surface area contributed by atoms with Crippen molar-refractivity contribution in [2.24, 2.45) is 0 Å². The Morgan fingerprint density at radius 1 is 1.60 bits per heavy atom. The standard InChI is InChI=1S/C7H10O3/c1-2-3-6(5-8)4-7(9)10/h4-5H,2-3H2,1H3,(H,9,10)/b6-4+. The highest BCUT2D eigenvalue weighted by molar-refractivity contribution is 5.88. The second-order valence-corrected chi connectivity index (χ2v) is 1.93. The zero-order valence-corrected chi connectivity index (χ0v) is 5.83. The van der Waals surface area contributed by atoms with E-state index in [1.807, 2.05) is 6.92 Å². The minimum atomic E-state index is -1.06. The van der Waals surface area contributed by atoms with Crippen LogP contribution in [0.3, 0.4) is 0 Å². The van der Waals surface area contributed by atoms with Crippen molar-refractivity contribution in [1.82, 2.24) is 0 Å². The van der Waals surface area contributed by atoms with Crippen molar-refractivity contribution in [2.75, 3.05) is 0 Å². The molecule has 0 heterocycles. The number of aliphatic carboxylic acids is 1. The van der Waals surface area contributed by atoms with Crippen LogP contribution >= 0.6 is 0 Å². The molecule has 1 N–H and O–H groups in total. The first kappa shape index (κ1) is 8.88. The summed E-state index contributed by atoms with van der Waals surface area (Å²) in [4.78, 5) is 20.1. The fourth-order valence-corrected chi connectivity index (χ4v) is 0.612. The molecule has 0 saturated heterocycles. The Kier molecular flexibility index (Phi) is 4.20. The first-order chi connectivity index (χ1) is 4.70. The molecule has 0 aromatic carbocycles. The van der Waals surface area contributed by atoms with Crippen molar-refractivity contribution in [3.63, 3.8) is 0 Å². The number of rotatable bonds is 4. The minimum Gasteiger partial charge on any atom is -0.478 e. The van der Waals surface area contributed by atoms with Gasteiger partial charge >= 0.3 is 5.97 Å². The maximum Gasteiger partial charge on any atom is 0.328 e. The number of aldehydes is 1. The summed E-state index contributed by atoms with van der Waals surface area (Å²) in [6.45, 7) is 1.89. The summed E-state index contributed by atoms with van der Waals surface area (Å²) in [5.74, 6) is -1.06. The van der Waals surface area contributed by atoms with Gasteiger partial charge in [-0.1, -0.05) is 13.3 Å². The topological polar surface area (TPSA) is 54.4 Å². The molecule has 0 saturated carbocycles. The average Bonchev–Trinajstić information content (AvgIpc) is 1.86. The molecule has 56 valence electrons. The lowest BCUT2D eigenvalue weighted by molar-refractivity contribution is -0.131. The van der Waals surface area contributed by atoms with Crippen molar-refractivity contribution in [1.29, 1.82) is 0 Å². The third kappa shape index (κ3) is 3.83. The van der Waals surface area contributed by atoms with E-state index in [1.54, 1.807) is 0 Å². The zero-order chi connectivity index (χ0) is 7.98. The molecule has 3 nitrogen and oxygen atoms in total. The van der Waals surface area contributed by atoms with E-state index in [2.05, 4.69) is 0 Å². The average molecular weight is 142 g/mol. The van der Waals surface area contributed by atoms with Crippen molar-refractivity contribution in [2.45, 2.75) is 19.8 Å². The molecule has 0 rings (SSSR count). The van der Waals surface area contributed by atoms with Crippen molar-refractivity contribution >= 4 is 12.3 Å². The molecular formula is C7H10O3. The third-order valence-corrected chi connectivity index (χ3v) is 0.999. The molecule has 0 unspecified atom stereocenters. The highest BCUT2D eigenvalue weighted by atomic mass is 16.4. The summed E-state index contributed by atoms with van der Waals surface area (Å²) in [6, 6.07) is 0. The fourth-order valence-electron chi connectivity index (χ4n) is 0.612. The Bertz CT molecular complexity index is 158. The van der Waals surface area contributed by atoms with Gasteiger partial charge in [-0.2, -0.15) is 0 Å². The van der Waals surface area contributed by atoms with Crippen LogP contribution in [-0.4, -0.2) is 17.4 Å². The molecular weight excluding hydrogens is 132 g/mol. The smallest absolute Gasteiger partial charge is 0.328 e. The number of allylic oxidation sites excluding steroid dienone is 1. The molecule has 0 radical (unpaired) electrons. The number of hydrogen-bond acceptors (Lipinski definition) is 2. The Labute approximate surface area is 59.4 Å². The molecule has 3 heteroatoms. The van der Waals surface area contributed by atoms with Crippen LogP contribution in [0.5, 0.6) is 0 Å². The lowest BCUT2D eigenvalue weighted by atomic mass is 10.1. The van der Waals surface area contributed by atoms with Crippen LogP contribution in [0.25, 0.3) is 0 Å². The van der Waals surface area contributed by atoms with Gasteiger partial charge in [0.25, 0.3) is 0 Å². The van der Waals surface area contributed by atoms with Crippen LogP contribution in [0.2, 0.25) is 0 Å². The second kappa shape index (κ2) is 4.73. The van der Waals surface area contributed by atoms with Crippen LogP contribution in [0.4, 0.5) is 0 Å². The summed E-state index contributed by atoms with van der Waals surface area (Å²) < 4.78 is 0. The molecule has 0 aliphatic carbocycles. The van der Waals surface area contributed by atoms with Crippen LogP contribution in [0.1, 0.15) is 19.8 Å². The third-order valence-electron chi connectivity index (χ3n) is 0.999. The molecule has 0 aromatic rings. The quantitative estimate of drug-likeness (QED) is 0.470. The Morgan fingerprint density at radius 2 is 2.20 bits per heavy atom. The van der Waals surface area contributed by atoms with E-state index in [-0.39, 0.29) is 0 Å². The Balaban J connectivity index is 4.03. The molecule has 0 spiro atoms. The largest absolute Gasteiger partial charge is 0.478 e. The molecule has 0 aromatic heterocycles. The molecule has 0 fully saturated rings. The summed E-state index contributed by atoms with van der Waals surface area (Å²) in [5.41, 5.74) is 0.343. The Morgan fingerprint density at radius 3 is 2.50 bits per heavy atom. The van der Waals surface area contributed by atoms with Gasteiger partial charge in [0.1, 0.15) is 6.29 Å². The van der Waals surface area contributed by atoms with E-state index in [1.165, 1.54) is 0 Å². The van der Waals surface area contributed by atoms with E-state index in [0.717, 1.165) is 12.5 Å². The van der Waals surface area contributed by atoms with Gasteiger partial charge in [0, 0.05) is 6.08 Å². The monoisotopic (exact) mass is 142 g/mol. The van der Waals surface area contributed by atoms with Gasteiger partial charge < -0.3 is 5.11 Å². The number of hydrogen-bond donors (Lipinski definition) is 1. The Hall–Kier alpha value is -1.12. The molecule has 0 atom stereocenters. The number of carbonyl (C=O) groups is 2. The highest BCUT2D eigenvalue weighted by Gasteiger charge is 1.95. The normalized spacial score (nSPS) is 11.1. The van der Waals surface area contributed by atoms with E-state index in [4.69, 9.17) is 5.11 Å². The maximum absolute atomic E-state index is 10.1. The van der Waals surface area contributed by atoms with Crippen LogP contribution in [0, 0.1) is 0 Å². The zero-order valence-electron chi connectivity index (χ0n) is 5.83. The minimum absolute atomic E-state index is 0.343. The summed E-state index contributed by atoms with van der Waals surface area (Å²) in [5, 5.41) is 8.21. The van der Waals surface area contributed by atoms with E-state index in [0.29, 0.717) is 18.3 Å². The van der Waals surface area contributed by atoms with Gasteiger partial charge in [-0.15, -0.1) is 0 Å². The van der Waals surface area contributed by atoms with Crippen LogP contribution in [0.15, 0.2) is 11.6 Å². The molecule has 0 amide bonds. The molecule has 0 aliphatic rings. The van der Waals surface area contributed by atoms with E-state index < -0.39 is 5.97 Å². The van der Waals surface area contributed by atoms with Gasteiger partial charge in [0.2, 0.25) is 0 Å². The lowest BCUT2D eigenvalue weighted by Crippen LogP contribution is -1.93. The van der Waals surface area contributed by atoms with Gasteiger partial charge in [0.15, 0.2) is 0 Å². The molecule has 10 heavy (non-hydrogen) atoms. The van der Waals surface area contributed by atoms with Gasteiger partial charge in [-0.3, -0.25) is 4.79 Å². The summed E-state index contributed by atoms with van der Waals surface area (Å²) in [7, 11) is 0. The van der Waals surface area contributed by atoms with Gasteiger partial charge in [-0.05, 0) is 12.0 Å². The van der Waals surface area contributed by atoms with Crippen molar-refractivity contribution in [3.8, 4) is 0 Å². The highest BCUT2D eigenvalue weighted by Crippen LogP contribution is 1.99. The maximum atomic E-state index is 10.1.